The molecule has 4 heteroatoms. The second-order valence-electron chi connectivity index (χ2n) is 2.46. The van der Waals surface area contributed by atoms with E-state index in [4.69, 9.17) is 10.2 Å². The minimum atomic E-state index is -0.541. The van der Waals surface area contributed by atoms with Crippen LogP contribution in [0.5, 0.6) is 0 Å². The topological polar surface area (TPSA) is 40.5 Å². The van der Waals surface area contributed by atoms with Gasteiger partial charge in [0.15, 0.2) is 0 Å². The van der Waals surface area contributed by atoms with Gasteiger partial charge in [-0.2, -0.15) is 25.3 Å². The maximum absolute atomic E-state index is 9.00. The van der Waals surface area contributed by atoms with E-state index >= 15 is 0 Å². The summed E-state index contributed by atoms with van der Waals surface area (Å²) in [4.78, 5) is 0. The zero-order chi connectivity index (χ0) is 8.31. The second kappa shape index (κ2) is 4.49. The smallest absolute Gasteiger partial charge is 0.0639 e. The van der Waals surface area contributed by atoms with Crippen LogP contribution in [0.3, 0.4) is 0 Å². The van der Waals surface area contributed by atoms with E-state index in [1.807, 2.05) is 0 Å². The molecule has 0 aliphatic rings. The number of hydrogen-bond donors (Lipinski definition) is 4. The molecule has 0 aromatic heterocycles. The van der Waals surface area contributed by atoms with Crippen LogP contribution in [0, 0.1) is 0 Å². The van der Waals surface area contributed by atoms with E-state index in [2.05, 4.69) is 25.3 Å². The molecule has 2 N–H and O–H groups in total. The summed E-state index contributed by atoms with van der Waals surface area (Å²) in [7, 11) is 0. The predicted molar refractivity (Wildman–Crippen MR) is 48.9 cm³/mol. The van der Waals surface area contributed by atoms with Gasteiger partial charge in [0, 0.05) is 10.5 Å². The zero-order valence-electron chi connectivity index (χ0n) is 6.10. The van der Waals surface area contributed by atoms with Gasteiger partial charge in [-0.25, -0.2) is 0 Å². The second-order valence-corrected chi connectivity index (χ2v) is 3.65. The summed E-state index contributed by atoms with van der Waals surface area (Å²) in [5.74, 6) is 0. The van der Waals surface area contributed by atoms with E-state index in [-0.39, 0.29) is 10.5 Å². The van der Waals surface area contributed by atoms with E-state index < -0.39 is 12.2 Å². The van der Waals surface area contributed by atoms with Crippen molar-refractivity contribution in [3.8, 4) is 0 Å². The van der Waals surface area contributed by atoms with E-state index in [0.29, 0.717) is 0 Å². The molecule has 0 aromatic carbocycles. The summed E-state index contributed by atoms with van der Waals surface area (Å²) in [6.07, 6.45) is -1.08. The van der Waals surface area contributed by atoms with E-state index in [0.717, 1.165) is 0 Å². The van der Waals surface area contributed by atoms with Gasteiger partial charge in [-0.3, -0.25) is 0 Å². The summed E-state index contributed by atoms with van der Waals surface area (Å²) in [6.45, 7) is 3.26. The van der Waals surface area contributed by atoms with Crippen LogP contribution in [0.1, 0.15) is 13.8 Å². The van der Waals surface area contributed by atoms with E-state index in [1.54, 1.807) is 13.8 Å². The first kappa shape index (κ1) is 10.6. The predicted octanol–water partition coefficient (Wildman–Crippen LogP) is 0.345. The van der Waals surface area contributed by atoms with Crippen molar-refractivity contribution >= 4 is 25.3 Å². The lowest BCUT2D eigenvalue weighted by Gasteiger charge is -2.22. The van der Waals surface area contributed by atoms with Crippen molar-refractivity contribution in [2.45, 2.75) is 36.6 Å². The lowest BCUT2D eigenvalue weighted by atomic mass is 10.1. The highest BCUT2D eigenvalue weighted by atomic mass is 32.1. The first-order chi connectivity index (χ1) is 4.46. The van der Waals surface area contributed by atoms with Crippen molar-refractivity contribution in [3.05, 3.63) is 0 Å². The molecule has 0 spiro atoms. The maximum Gasteiger partial charge on any atom is 0.0639 e. The highest BCUT2D eigenvalue weighted by Crippen LogP contribution is 2.16. The van der Waals surface area contributed by atoms with Crippen LogP contribution >= 0.6 is 25.3 Å². The Labute approximate surface area is 72.5 Å². The number of hydrogen-bond acceptors (Lipinski definition) is 4. The summed E-state index contributed by atoms with van der Waals surface area (Å²) >= 11 is 8.15. The molecule has 0 rings (SSSR count). The number of thiol groups is 2. The van der Waals surface area contributed by atoms with Gasteiger partial charge in [0.2, 0.25) is 0 Å². The summed E-state index contributed by atoms with van der Waals surface area (Å²) in [6, 6.07) is 0. The Balaban J connectivity index is 3.81. The minimum absolute atomic E-state index is 0.275. The SMILES string of the molecule is CC(O)C(S)C(S)C(C)O. The molecule has 0 saturated carbocycles. The monoisotopic (exact) mass is 182 g/mol. The Morgan fingerprint density at radius 3 is 1.20 bits per heavy atom. The van der Waals surface area contributed by atoms with Crippen molar-refractivity contribution < 1.29 is 10.2 Å². The Kier molecular flexibility index (Phi) is 4.77. The van der Waals surface area contributed by atoms with Crippen LogP contribution < -0.4 is 0 Å². The van der Waals surface area contributed by atoms with Crippen LogP contribution in [0.4, 0.5) is 0 Å². The van der Waals surface area contributed by atoms with Crippen LogP contribution in [0.25, 0.3) is 0 Å². The molecule has 0 heterocycles. The Morgan fingerprint density at radius 2 is 1.10 bits per heavy atom. The fourth-order valence-corrected chi connectivity index (χ4v) is 1.07. The van der Waals surface area contributed by atoms with Gasteiger partial charge in [-0.15, -0.1) is 0 Å². The van der Waals surface area contributed by atoms with Gasteiger partial charge in [0.1, 0.15) is 0 Å². The molecule has 0 aliphatic heterocycles. The van der Waals surface area contributed by atoms with Crippen LogP contribution in [0.15, 0.2) is 0 Å². The molecular weight excluding hydrogens is 168 g/mol. The van der Waals surface area contributed by atoms with Gasteiger partial charge in [0.25, 0.3) is 0 Å². The van der Waals surface area contributed by atoms with Crippen LogP contribution in [-0.4, -0.2) is 32.9 Å². The molecule has 0 radical (unpaired) electrons. The molecule has 10 heavy (non-hydrogen) atoms. The molecule has 4 unspecified atom stereocenters. The normalized spacial score (nSPS) is 23.4. The first-order valence-corrected chi connectivity index (χ1v) is 4.22. The lowest BCUT2D eigenvalue weighted by molar-refractivity contribution is 0.145. The van der Waals surface area contributed by atoms with Gasteiger partial charge in [-0.1, -0.05) is 0 Å². The van der Waals surface area contributed by atoms with Gasteiger partial charge in [-0.05, 0) is 13.8 Å². The molecule has 0 amide bonds. The summed E-state index contributed by atoms with van der Waals surface area (Å²) in [5.41, 5.74) is 0. The van der Waals surface area contributed by atoms with Crippen molar-refractivity contribution in [1.29, 1.82) is 0 Å². The van der Waals surface area contributed by atoms with E-state index in [9.17, 15) is 0 Å². The average Bonchev–Trinajstić information content (AvgIpc) is 1.84. The third kappa shape index (κ3) is 3.14. The highest BCUT2D eigenvalue weighted by Gasteiger charge is 2.22. The molecule has 62 valence electrons. The van der Waals surface area contributed by atoms with Crippen LogP contribution in [-0.2, 0) is 0 Å². The van der Waals surface area contributed by atoms with Crippen molar-refractivity contribution in [3.63, 3.8) is 0 Å². The maximum atomic E-state index is 9.00. The molecule has 0 aromatic rings. The fraction of sp³-hybridized carbons (Fsp3) is 1.00. The van der Waals surface area contributed by atoms with Gasteiger partial charge >= 0.3 is 0 Å². The highest BCUT2D eigenvalue weighted by molar-refractivity contribution is 7.85. The van der Waals surface area contributed by atoms with Crippen molar-refractivity contribution in [2.24, 2.45) is 0 Å². The molecular formula is C6H14O2S2. The Bertz CT molecular complexity index is 83.7. The standard InChI is InChI=1S/C6H14O2S2/c1-3(7)5(9)6(10)4(2)8/h3-10H,1-2H3. The van der Waals surface area contributed by atoms with Crippen molar-refractivity contribution in [2.75, 3.05) is 0 Å². The fourth-order valence-electron chi connectivity index (χ4n) is 0.571. The molecule has 0 bridgehead atoms. The van der Waals surface area contributed by atoms with Gasteiger partial charge < -0.3 is 10.2 Å². The molecule has 0 fully saturated rings. The zero-order valence-corrected chi connectivity index (χ0v) is 7.89. The van der Waals surface area contributed by atoms with Gasteiger partial charge in [0.05, 0.1) is 12.2 Å². The molecule has 2 nitrogen and oxygen atoms in total. The molecule has 0 aliphatic carbocycles. The largest absolute Gasteiger partial charge is 0.392 e. The summed E-state index contributed by atoms with van der Waals surface area (Å²) in [5, 5.41) is 17.5. The molecule has 4 atom stereocenters. The molecule has 0 saturated heterocycles. The minimum Gasteiger partial charge on any atom is -0.392 e. The van der Waals surface area contributed by atoms with E-state index in [1.165, 1.54) is 0 Å². The quantitative estimate of drug-likeness (QED) is 0.476. The number of aliphatic hydroxyl groups is 2. The third-order valence-corrected chi connectivity index (χ3v) is 3.08. The Hall–Kier alpha value is 0.620. The van der Waals surface area contributed by atoms with Crippen molar-refractivity contribution in [1.82, 2.24) is 0 Å². The average molecular weight is 182 g/mol. The third-order valence-electron chi connectivity index (χ3n) is 1.34. The number of aliphatic hydroxyl groups excluding tert-OH is 2. The lowest BCUT2D eigenvalue weighted by Crippen LogP contribution is -2.34. The first-order valence-electron chi connectivity index (χ1n) is 3.19. The Morgan fingerprint density at radius 1 is 0.900 bits per heavy atom. The summed E-state index contributed by atoms with van der Waals surface area (Å²) < 4.78 is 0. The number of rotatable bonds is 3. The van der Waals surface area contributed by atoms with Crippen LogP contribution in [0.2, 0.25) is 0 Å².